The van der Waals surface area contributed by atoms with Crippen LogP contribution in [0.15, 0.2) is 40.9 Å². The van der Waals surface area contributed by atoms with Crippen molar-refractivity contribution in [1.29, 1.82) is 0 Å². The lowest BCUT2D eigenvalue weighted by Crippen LogP contribution is -2.50. The molecule has 1 aromatic carbocycles. The Balaban J connectivity index is 1.23. The van der Waals surface area contributed by atoms with Crippen molar-refractivity contribution in [2.75, 3.05) is 36.4 Å². The van der Waals surface area contributed by atoms with E-state index in [1.807, 2.05) is 23.1 Å². The van der Waals surface area contributed by atoms with Crippen LogP contribution in [0.3, 0.4) is 0 Å². The number of benzene rings is 1. The summed E-state index contributed by atoms with van der Waals surface area (Å²) in [6.45, 7) is 5.05. The summed E-state index contributed by atoms with van der Waals surface area (Å²) < 4.78 is 4.99. The summed E-state index contributed by atoms with van der Waals surface area (Å²) >= 11 is 0. The molecular formula is C22H28N4O3. The van der Waals surface area contributed by atoms with Crippen LogP contribution in [0.2, 0.25) is 0 Å². The number of hydrogen-bond acceptors (Lipinski definition) is 5. The van der Waals surface area contributed by atoms with Crippen molar-refractivity contribution in [2.24, 2.45) is 11.8 Å². The van der Waals surface area contributed by atoms with Gasteiger partial charge >= 0.3 is 0 Å². The van der Waals surface area contributed by atoms with Crippen LogP contribution in [0.1, 0.15) is 31.4 Å². The first-order valence-corrected chi connectivity index (χ1v) is 10.4. The van der Waals surface area contributed by atoms with Gasteiger partial charge in [0.2, 0.25) is 11.8 Å². The second-order valence-electron chi connectivity index (χ2n) is 8.01. The number of para-hydroxylation sites is 1. The van der Waals surface area contributed by atoms with E-state index in [0.29, 0.717) is 11.6 Å². The van der Waals surface area contributed by atoms with Crippen LogP contribution in [0, 0.1) is 18.8 Å². The normalized spacial score (nSPS) is 22.4. The second-order valence-corrected chi connectivity index (χ2v) is 8.01. The lowest BCUT2D eigenvalue weighted by molar-refractivity contribution is -0.138. The number of aryl methyl sites for hydroxylation is 1. The number of carbonyl (C=O) groups excluding carboxylic acids is 2. The molecule has 2 aromatic rings. The predicted molar refractivity (Wildman–Crippen MR) is 111 cm³/mol. The minimum absolute atomic E-state index is 0.0272. The van der Waals surface area contributed by atoms with Crippen molar-refractivity contribution in [3.63, 3.8) is 0 Å². The van der Waals surface area contributed by atoms with E-state index in [2.05, 4.69) is 27.5 Å². The van der Waals surface area contributed by atoms with E-state index in [-0.39, 0.29) is 23.7 Å². The van der Waals surface area contributed by atoms with Crippen molar-refractivity contribution < 1.29 is 14.1 Å². The molecule has 1 saturated carbocycles. The molecule has 2 heterocycles. The number of nitrogens with zero attached hydrogens (tertiary/aromatic N) is 3. The predicted octanol–water partition coefficient (Wildman–Crippen LogP) is 3.08. The molecule has 2 fully saturated rings. The number of rotatable bonds is 4. The summed E-state index contributed by atoms with van der Waals surface area (Å²) in [5.74, 6) is 1.33. The lowest BCUT2D eigenvalue weighted by Gasteiger charge is -2.38. The highest BCUT2D eigenvalue weighted by atomic mass is 16.5. The third-order valence-corrected chi connectivity index (χ3v) is 6.04. The summed E-state index contributed by atoms with van der Waals surface area (Å²) in [5.41, 5.74) is 1.22. The van der Waals surface area contributed by atoms with Gasteiger partial charge in [-0.05, 0) is 44.7 Å². The van der Waals surface area contributed by atoms with Gasteiger partial charge in [-0.1, -0.05) is 23.4 Å². The average Bonchev–Trinajstić information content (AvgIpc) is 3.18. The molecule has 7 nitrogen and oxygen atoms in total. The van der Waals surface area contributed by atoms with Gasteiger partial charge < -0.3 is 19.6 Å². The smallest absolute Gasteiger partial charge is 0.228 e. The van der Waals surface area contributed by atoms with Crippen LogP contribution in [0.25, 0.3) is 0 Å². The average molecular weight is 396 g/mol. The molecule has 4 rings (SSSR count). The monoisotopic (exact) mass is 396 g/mol. The number of anilines is 2. The fourth-order valence-electron chi connectivity index (χ4n) is 4.34. The van der Waals surface area contributed by atoms with E-state index in [0.717, 1.165) is 51.9 Å². The second kappa shape index (κ2) is 8.68. The van der Waals surface area contributed by atoms with E-state index < -0.39 is 0 Å². The van der Waals surface area contributed by atoms with Gasteiger partial charge in [0.1, 0.15) is 5.76 Å². The van der Waals surface area contributed by atoms with Gasteiger partial charge in [-0.2, -0.15) is 0 Å². The highest BCUT2D eigenvalue weighted by Gasteiger charge is 2.33. The summed E-state index contributed by atoms with van der Waals surface area (Å²) in [6.07, 6.45) is 3.02. The van der Waals surface area contributed by atoms with E-state index in [1.165, 1.54) is 5.69 Å². The van der Waals surface area contributed by atoms with Crippen molar-refractivity contribution in [2.45, 2.75) is 32.6 Å². The number of aromatic nitrogens is 1. The maximum atomic E-state index is 13.0. The number of hydrogen-bond donors (Lipinski definition) is 1. The third-order valence-electron chi connectivity index (χ3n) is 6.04. The molecule has 7 heteroatoms. The molecule has 1 aliphatic carbocycles. The topological polar surface area (TPSA) is 78.7 Å². The molecule has 0 atom stereocenters. The maximum absolute atomic E-state index is 13.0. The summed E-state index contributed by atoms with van der Waals surface area (Å²) in [6, 6.07) is 12.1. The fourth-order valence-corrected chi connectivity index (χ4v) is 4.34. The van der Waals surface area contributed by atoms with Gasteiger partial charge in [0.25, 0.3) is 0 Å². The molecule has 2 amide bonds. The third kappa shape index (κ3) is 4.60. The van der Waals surface area contributed by atoms with Crippen LogP contribution in [-0.4, -0.2) is 48.0 Å². The highest BCUT2D eigenvalue weighted by molar-refractivity contribution is 5.92. The molecule has 0 spiro atoms. The van der Waals surface area contributed by atoms with E-state index in [9.17, 15) is 9.59 Å². The summed E-state index contributed by atoms with van der Waals surface area (Å²) in [5, 5.41) is 6.63. The van der Waals surface area contributed by atoms with Crippen molar-refractivity contribution >= 4 is 23.3 Å². The van der Waals surface area contributed by atoms with Crippen molar-refractivity contribution in [3.8, 4) is 0 Å². The van der Waals surface area contributed by atoms with E-state index in [1.54, 1.807) is 13.0 Å². The summed E-state index contributed by atoms with van der Waals surface area (Å²) in [4.78, 5) is 29.7. The van der Waals surface area contributed by atoms with Crippen molar-refractivity contribution in [3.05, 3.63) is 42.2 Å². The Morgan fingerprint density at radius 3 is 2.28 bits per heavy atom. The van der Waals surface area contributed by atoms with Crippen LogP contribution in [0.5, 0.6) is 0 Å². The van der Waals surface area contributed by atoms with Gasteiger partial charge in [0.05, 0.1) is 0 Å². The molecule has 1 aliphatic heterocycles. The molecule has 1 aromatic heterocycles. The Bertz CT molecular complexity index is 835. The molecule has 0 radical (unpaired) electrons. The maximum Gasteiger partial charge on any atom is 0.228 e. The zero-order valence-electron chi connectivity index (χ0n) is 16.8. The Morgan fingerprint density at radius 2 is 1.66 bits per heavy atom. The number of amides is 2. The quantitative estimate of drug-likeness (QED) is 0.859. The Labute approximate surface area is 171 Å². The molecule has 2 aliphatic rings. The first kappa shape index (κ1) is 19.5. The highest BCUT2D eigenvalue weighted by Crippen LogP contribution is 2.31. The molecule has 1 saturated heterocycles. The largest absolute Gasteiger partial charge is 0.368 e. The first-order chi connectivity index (χ1) is 14.1. The standard InChI is InChI=1S/C22H28N4O3/c1-16-15-20(24-29-16)23-21(27)17-7-9-18(10-8-17)22(28)26-13-11-25(12-14-26)19-5-3-2-4-6-19/h2-6,15,17-18H,7-14H2,1H3,(H,23,24,27). The van der Waals surface area contributed by atoms with Crippen LogP contribution < -0.4 is 10.2 Å². The number of carbonyl (C=O) groups is 2. The molecular weight excluding hydrogens is 368 g/mol. The Morgan fingerprint density at radius 1 is 1.00 bits per heavy atom. The van der Waals surface area contributed by atoms with Gasteiger partial charge in [-0.25, -0.2) is 0 Å². The van der Waals surface area contributed by atoms with Gasteiger partial charge in [0.15, 0.2) is 5.82 Å². The number of nitrogens with one attached hydrogen (secondary N) is 1. The van der Waals surface area contributed by atoms with Gasteiger partial charge in [0, 0.05) is 49.8 Å². The Kier molecular flexibility index (Phi) is 5.83. The van der Waals surface area contributed by atoms with Crippen LogP contribution >= 0.6 is 0 Å². The summed E-state index contributed by atoms with van der Waals surface area (Å²) in [7, 11) is 0. The SMILES string of the molecule is Cc1cc(NC(=O)C2CCC(C(=O)N3CCN(c4ccccc4)CC3)CC2)no1. The zero-order valence-corrected chi connectivity index (χ0v) is 16.8. The molecule has 29 heavy (non-hydrogen) atoms. The lowest BCUT2D eigenvalue weighted by atomic mass is 9.81. The molecule has 0 unspecified atom stereocenters. The Hall–Kier alpha value is -2.83. The van der Waals surface area contributed by atoms with Gasteiger partial charge in [-0.15, -0.1) is 0 Å². The van der Waals surface area contributed by atoms with E-state index >= 15 is 0 Å². The van der Waals surface area contributed by atoms with Gasteiger partial charge in [-0.3, -0.25) is 9.59 Å². The van der Waals surface area contributed by atoms with Crippen LogP contribution in [-0.2, 0) is 9.59 Å². The molecule has 154 valence electrons. The number of piperazine rings is 1. The van der Waals surface area contributed by atoms with Crippen LogP contribution in [0.4, 0.5) is 11.5 Å². The minimum atomic E-state index is -0.0639. The van der Waals surface area contributed by atoms with Crippen molar-refractivity contribution in [1.82, 2.24) is 10.1 Å². The minimum Gasteiger partial charge on any atom is -0.368 e. The van der Waals surface area contributed by atoms with E-state index in [4.69, 9.17) is 4.52 Å². The zero-order chi connectivity index (χ0) is 20.2. The molecule has 1 N–H and O–H groups in total. The first-order valence-electron chi connectivity index (χ1n) is 10.4. The molecule has 0 bridgehead atoms. The fraction of sp³-hybridized carbons (Fsp3) is 0.500.